The molecule has 0 spiro atoms. The van der Waals surface area contributed by atoms with Gasteiger partial charge < -0.3 is 21.7 Å². The maximum absolute atomic E-state index is 12.0. The van der Waals surface area contributed by atoms with Crippen LogP contribution in [0.25, 0.3) is 0 Å². The van der Waals surface area contributed by atoms with Crippen molar-refractivity contribution >= 4 is 24.1 Å². The molecule has 8 heteroatoms. The minimum Gasteiger partial charge on any atom is -0.370 e. The summed E-state index contributed by atoms with van der Waals surface area (Å²) < 4.78 is 0. The quantitative estimate of drug-likeness (QED) is 0.189. The molecule has 0 aromatic rings. The molecule has 0 aromatic carbocycles. The molecule has 0 fully saturated rings. The molecule has 0 aliphatic rings. The van der Waals surface area contributed by atoms with Gasteiger partial charge in [0.1, 0.15) is 6.04 Å². The fraction of sp³-hybridized carbons (Fsp3) is 0.714. The maximum Gasteiger partial charge on any atom is 0.242 e. The summed E-state index contributed by atoms with van der Waals surface area (Å²) in [4.78, 5) is 33.2. The van der Waals surface area contributed by atoms with Gasteiger partial charge in [0, 0.05) is 26.4 Å². The summed E-state index contributed by atoms with van der Waals surface area (Å²) in [6.07, 6.45) is 5.72. The van der Waals surface area contributed by atoms with E-state index in [0.717, 1.165) is 19.3 Å². The zero-order valence-corrected chi connectivity index (χ0v) is 13.0. The average molecular weight is 312 g/mol. The molecule has 0 rings (SSSR count). The van der Waals surface area contributed by atoms with Gasteiger partial charge in [-0.2, -0.15) is 0 Å². The number of nitrogens with one attached hydrogen (secondary N) is 4. The van der Waals surface area contributed by atoms with Crippen molar-refractivity contribution in [3.05, 3.63) is 0 Å². The van der Waals surface area contributed by atoms with Crippen LogP contribution in [0.1, 0.15) is 45.4 Å². The highest BCUT2D eigenvalue weighted by atomic mass is 16.2. The van der Waals surface area contributed by atoms with Crippen LogP contribution in [-0.2, 0) is 14.4 Å². The van der Waals surface area contributed by atoms with Crippen LogP contribution in [0.15, 0.2) is 0 Å². The minimum atomic E-state index is -0.588. The molecule has 6 N–H and O–H groups in total. The van der Waals surface area contributed by atoms with Crippen LogP contribution < -0.4 is 21.7 Å². The summed E-state index contributed by atoms with van der Waals surface area (Å²) in [5.74, 6) is -0.603. The summed E-state index contributed by atoms with van der Waals surface area (Å²) in [6.45, 7) is 2.35. The molecule has 0 aromatic heterocycles. The Morgan fingerprint density at radius 2 is 1.82 bits per heavy atom. The molecule has 0 bridgehead atoms. The molecule has 1 radical (unpaired) electrons. The van der Waals surface area contributed by atoms with Crippen molar-refractivity contribution in [2.75, 3.05) is 13.1 Å². The second kappa shape index (κ2) is 12.6. The van der Waals surface area contributed by atoms with E-state index in [1.807, 2.05) is 6.29 Å². The van der Waals surface area contributed by atoms with E-state index >= 15 is 0 Å². The number of hydrogen-bond donors (Lipinski definition) is 5. The Hall–Kier alpha value is -2.12. The van der Waals surface area contributed by atoms with Crippen LogP contribution in [0.3, 0.4) is 0 Å². The van der Waals surface area contributed by atoms with Crippen molar-refractivity contribution in [2.24, 2.45) is 5.73 Å². The SMILES string of the molecule is CC(=O)N[C@H](CCCNC(=N)N)C(=O)NCCCCC[C]=O. The van der Waals surface area contributed by atoms with Crippen LogP contribution >= 0.6 is 0 Å². The number of carbonyl (C=O) groups excluding carboxylic acids is 3. The maximum atomic E-state index is 12.0. The molecule has 0 saturated heterocycles. The number of hydrogen-bond acceptors (Lipinski definition) is 4. The fourth-order valence-corrected chi connectivity index (χ4v) is 1.88. The van der Waals surface area contributed by atoms with Crippen LogP contribution in [-0.4, -0.2) is 43.2 Å². The first kappa shape index (κ1) is 19.9. The van der Waals surface area contributed by atoms with E-state index in [4.69, 9.17) is 11.1 Å². The molecule has 0 heterocycles. The van der Waals surface area contributed by atoms with Gasteiger partial charge in [0.15, 0.2) is 12.2 Å². The molecule has 8 nitrogen and oxygen atoms in total. The third-order valence-corrected chi connectivity index (χ3v) is 2.93. The van der Waals surface area contributed by atoms with Crippen molar-refractivity contribution in [3.8, 4) is 0 Å². The second-order valence-electron chi connectivity index (χ2n) is 4.98. The molecular weight excluding hydrogens is 286 g/mol. The lowest BCUT2D eigenvalue weighted by Gasteiger charge is -2.17. The van der Waals surface area contributed by atoms with Crippen LogP contribution in [0, 0.1) is 5.41 Å². The number of amides is 2. The van der Waals surface area contributed by atoms with Crippen molar-refractivity contribution in [2.45, 2.75) is 51.5 Å². The average Bonchev–Trinajstić information content (AvgIpc) is 2.45. The van der Waals surface area contributed by atoms with Gasteiger partial charge in [-0.1, -0.05) is 6.42 Å². The lowest BCUT2D eigenvalue weighted by Crippen LogP contribution is -2.46. The number of nitrogens with two attached hydrogens (primary N) is 1. The molecule has 2 amide bonds. The Morgan fingerprint density at radius 3 is 2.41 bits per heavy atom. The number of guanidine groups is 1. The van der Waals surface area contributed by atoms with Crippen molar-refractivity contribution in [1.82, 2.24) is 16.0 Å². The Kier molecular flexibility index (Phi) is 11.4. The third kappa shape index (κ3) is 11.7. The third-order valence-electron chi connectivity index (χ3n) is 2.93. The predicted octanol–water partition coefficient (Wildman–Crippen LogP) is -0.459. The molecule has 1 atom stereocenters. The van der Waals surface area contributed by atoms with Gasteiger partial charge in [-0.05, 0) is 25.7 Å². The van der Waals surface area contributed by atoms with Gasteiger partial charge in [0.25, 0.3) is 0 Å². The van der Waals surface area contributed by atoms with Gasteiger partial charge in [-0.25, -0.2) is 0 Å². The van der Waals surface area contributed by atoms with E-state index in [2.05, 4.69) is 16.0 Å². The first-order chi connectivity index (χ1) is 10.5. The van der Waals surface area contributed by atoms with E-state index in [1.165, 1.54) is 6.92 Å². The van der Waals surface area contributed by atoms with E-state index in [0.29, 0.717) is 32.4 Å². The molecule has 0 saturated carbocycles. The number of unbranched alkanes of at least 4 members (excludes halogenated alkanes) is 3. The minimum absolute atomic E-state index is 0.118. The highest BCUT2D eigenvalue weighted by molar-refractivity contribution is 5.86. The monoisotopic (exact) mass is 312 g/mol. The lowest BCUT2D eigenvalue weighted by atomic mass is 10.1. The Labute approximate surface area is 131 Å². The van der Waals surface area contributed by atoms with Gasteiger partial charge in [0.2, 0.25) is 11.8 Å². The van der Waals surface area contributed by atoms with Crippen LogP contribution in [0.4, 0.5) is 0 Å². The largest absolute Gasteiger partial charge is 0.370 e. The first-order valence-corrected chi connectivity index (χ1v) is 7.45. The van der Waals surface area contributed by atoms with Gasteiger partial charge >= 0.3 is 0 Å². The zero-order valence-electron chi connectivity index (χ0n) is 13.0. The smallest absolute Gasteiger partial charge is 0.242 e. The van der Waals surface area contributed by atoms with Gasteiger partial charge in [0.05, 0.1) is 0 Å². The number of carbonyl (C=O) groups is 2. The lowest BCUT2D eigenvalue weighted by molar-refractivity contribution is -0.128. The Morgan fingerprint density at radius 1 is 1.14 bits per heavy atom. The van der Waals surface area contributed by atoms with E-state index < -0.39 is 6.04 Å². The van der Waals surface area contributed by atoms with Gasteiger partial charge in [-0.15, -0.1) is 0 Å². The molecule has 125 valence electrons. The van der Waals surface area contributed by atoms with Crippen LogP contribution in [0.2, 0.25) is 0 Å². The standard InChI is InChI=1S/C14H26N5O3/c1-11(21)19-12(7-6-9-18-14(15)16)13(22)17-8-4-2-3-5-10-20/h12H,2-9H2,1H3,(H,17,22)(H,19,21)(H4,15,16,18)/t12-/m1/s1. The topological polar surface area (TPSA) is 137 Å². The Bertz CT molecular complexity index is 373. The summed E-state index contributed by atoms with van der Waals surface area (Å²) in [7, 11) is 0. The molecule has 22 heavy (non-hydrogen) atoms. The normalized spacial score (nSPS) is 11.3. The predicted molar refractivity (Wildman–Crippen MR) is 83.9 cm³/mol. The van der Waals surface area contributed by atoms with Gasteiger partial charge in [-0.3, -0.25) is 19.8 Å². The highest BCUT2D eigenvalue weighted by Crippen LogP contribution is 1.99. The summed E-state index contributed by atoms with van der Waals surface area (Å²) >= 11 is 0. The van der Waals surface area contributed by atoms with Crippen molar-refractivity contribution in [3.63, 3.8) is 0 Å². The number of rotatable bonds is 12. The first-order valence-electron chi connectivity index (χ1n) is 7.45. The molecule has 0 aliphatic carbocycles. The second-order valence-corrected chi connectivity index (χ2v) is 4.98. The molecule has 0 unspecified atom stereocenters. The fourth-order valence-electron chi connectivity index (χ4n) is 1.88. The summed E-state index contributed by atoms with van der Waals surface area (Å²) in [5.41, 5.74) is 5.16. The van der Waals surface area contributed by atoms with Crippen molar-refractivity contribution < 1.29 is 14.4 Å². The zero-order chi connectivity index (χ0) is 16.8. The highest BCUT2D eigenvalue weighted by Gasteiger charge is 2.18. The van der Waals surface area contributed by atoms with E-state index in [1.54, 1.807) is 0 Å². The van der Waals surface area contributed by atoms with E-state index in [-0.39, 0.29) is 17.8 Å². The Balaban J connectivity index is 4.02. The summed E-state index contributed by atoms with van der Waals surface area (Å²) in [6, 6.07) is -0.588. The van der Waals surface area contributed by atoms with Crippen molar-refractivity contribution in [1.29, 1.82) is 5.41 Å². The van der Waals surface area contributed by atoms with E-state index in [9.17, 15) is 14.4 Å². The molecule has 0 aliphatic heterocycles. The van der Waals surface area contributed by atoms with Crippen LogP contribution in [0.5, 0.6) is 0 Å². The molecular formula is C14H26N5O3. The summed E-state index contributed by atoms with van der Waals surface area (Å²) in [5, 5.41) is 15.1.